The fourth-order valence-electron chi connectivity index (χ4n) is 3.53. The van der Waals surface area contributed by atoms with E-state index in [1.165, 1.54) is 5.56 Å². The Balaban J connectivity index is 0.000000339. The van der Waals surface area contributed by atoms with Gasteiger partial charge in [-0.1, -0.05) is 5.16 Å². The van der Waals surface area contributed by atoms with Gasteiger partial charge < -0.3 is 19.3 Å². The molecule has 0 radical (unpaired) electrons. The van der Waals surface area contributed by atoms with E-state index in [1.807, 2.05) is 11.8 Å². The Labute approximate surface area is 180 Å². The average Bonchev–Trinajstić information content (AvgIpc) is 3.41. The number of ether oxygens (including phenoxy) is 1. The van der Waals surface area contributed by atoms with Gasteiger partial charge in [0.15, 0.2) is 0 Å². The molecule has 4 rings (SSSR count). The van der Waals surface area contributed by atoms with E-state index < -0.39 is 12.1 Å². The number of carbonyl (C=O) groups is 2. The molecule has 4 heterocycles. The summed E-state index contributed by atoms with van der Waals surface area (Å²) in [7, 11) is 0. The largest absolute Gasteiger partial charge is 0.490 e. The molecule has 0 aromatic carbocycles. The van der Waals surface area contributed by atoms with Crippen LogP contribution in [0.2, 0.25) is 0 Å². The van der Waals surface area contributed by atoms with E-state index in [1.54, 1.807) is 17.4 Å². The van der Waals surface area contributed by atoms with E-state index in [2.05, 4.69) is 26.9 Å². The predicted molar refractivity (Wildman–Crippen MR) is 104 cm³/mol. The Bertz CT molecular complexity index is 887. The van der Waals surface area contributed by atoms with Crippen LogP contribution in [0.5, 0.6) is 0 Å². The monoisotopic (exact) mass is 461 g/mol. The minimum absolute atomic E-state index is 0.0864. The average molecular weight is 461 g/mol. The predicted octanol–water partition coefficient (Wildman–Crippen LogP) is 2.65. The van der Waals surface area contributed by atoms with Crippen LogP contribution in [0.4, 0.5) is 13.2 Å². The number of carboxylic acid groups (broad SMARTS) is 1. The van der Waals surface area contributed by atoms with Crippen molar-refractivity contribution < 1.29 is 37.1 Å². The number of alkyl halides is 3. The topological polar surface area (TPSA) is 96.1 Å². The van der Waals surface area contributed by atoms with Crippen LogP contribution in [0.25, 0.3) is 0 Å². The van der Waals surface area contributed by atoms with Crippen molar-refractivity contribution >= 4 is 23.2 Å². The summed E-state index contributed by atoms with van der Waals surface area (Å²) < 4.78 is 42.9. The third-order valence-corrected chi connectivity index (χ3v) is 5.70. The first kappa shape index (κ1) is 23.2. The number of amides is 1. The van der Waals surface area contributed by atoms with Gasteiger partial charge in [0.1, 0.15) is 0 Å². The summed E-state index contributed by atoms with van der Waals surface area (Å²) in [4.78, 5) is 25.7. The lowest BCUT2D eigenvalue weighted by atomic mass is 10.1. The molecule has 1 amide bonds. The summed E-state index contributed by atoms with van der Waals surface area (Å²) in [5, 5.41) is 15.2. The second kappa shape index (κ2) is 9.79. The molecular formula is C19H22F3N3O5S. The highest BCUT2D eigenvalue weighted by atomic mass is 32.1. The van der Waals surface area contributed by atoms with Crippen molar-refractivity contribution in [1.29, 1.82) is 0 Å². The molecule has 2 aromatic rings. The highest BCUT2D eigenvalue weighted by molar-refractivity contribution is 7.07. The summed E-state index contributed by atoms with van der Waals surface area (Å²) in [5.74, 6) is -2.18. The maximum Gasteiger partial charge on any atom is 0.490 e. The number of likely N-dealkylation sites (tertiary alicyclic amines) is 1. The number of aryl methyl sites for hydroxylation is 1. The van der Waals surface area contributed by atoms with Crippen LogP contribution in [0.3, 0.4) is 0 Å². The number of rotatable bonds is 3. The highest BCUT2D eigenvalue weighted by Gasteiger charge is 2.40. The van der Waals surface area contributed by atoms with Crippen LogP contribution in [0, 0.1) is 12.8 Å². The third-order valence-electron chi connectivity index (χ3n) is 4.97. The van der Waals surface area contributed by atoms with E-state index in [0.717, 1.165) is 31.9 Å². The molecule has 2 aliphatic heterocycles. The van der Waals surface area contributed by atoms with Crippen LogP contribution in [0.1, 0.15) is 21.8 Å². The minimum atomic E-state index is -5.08. The van der Waals surface area contributed by atoms with Crippen LogP contribution in [-0.2, 0) is 16.1 Å². The molecule has 170 valence electrons. The first-order valence-electron chi connectivity index (χ1n) is 9.51. The molecule has 0 unspecified atom stereocenters. The molecule has 0 spiro atoms. The maximum atomic E-state index is 12.6. The first-order valence-corrected chi connectivity index (χ1v) is 10.5. The van der Waals surface area contributed by atoms with E-state index in [-0.39, 0.29) is 12.0 Å². The van der Waals surface area contributed by atoms with Crippen molar-refractivity contribution in [2.45, 2.75) is 25.7 Å². The fraction of sp³-hybridized carbons (Fsp3) is 0.526. The van der Waals surface area contributed by atoms with Crippen LogP contribution in [0.15, 0.2) is 27.4 Å². The van der Waals surface area contributed by atoms with Gasteiger partial charge >= 0.3 is 12.1 Å². The second-order valence-electron chi connectivity index (χ2n) is 7.38. The zero-order chi connectivity index (χ0) is 22.6. The number of hydrogen-bond acceptors (Lipinski definition) is 7. The number of carbonyl (C=O) groups excluding carboxylic acids is 1. The fourth-order valence-corrected chi connectivity index (χ4v) is 4.19. The molecular weight excluding hydrogens is 439 g/mol. The van der Waals surface area contributed by atoms with E-state index >= 15 is 0 Å². The standard InChI is InChI=1S/C17H21N3O3S.C2HF3O2/c1-12-6-15(23-18-12)17(21)20-9-14-8-19(3-4-22-16(14)10-20)7-13-2-5-24-11-13;3-2(4,5)1(6)7/h2,5-6,11,14,16H,3-4,7-10H2,1H3;(H,6,7)/t14-,16+;/m0./s1. The van der Waals surface area contributed by atoms with Crippen LogP contribution in [-0.4, -0.2) is 77.0 Å². The Hall–Kier alpha value is -2.44. The normalized spacial score (nSPS) is 21.7. The van der Waals surface area contributed by atoms with Gasteiger partial charge in [-0.05, 0) is 29.3 Å². The number of thiophene rings is 1. The summed E-state index contributed by atoms with van der Waals surface area (Å²) in [6.45, 7) is 6.73. The molecule has 0 saturated carbocycles. The van der Waals surface area contributed by atoms with Crippen molar-refractivity contribution in [3.8, 4) is 0 Å². The Kier molecular flexibility index (Phi) is 7.34. The van der Waals surface area contributed by atoms with Crippen LogP contribution < -0.4 is 0 Å². The Morgan fingerprint density at radius 2 is 2.06 bits per heavy atom. The molecule has 2 aromatic heterocycles. The minimum Gasteiger partial charge on any atom is -0.475 e. The lowest BCUT2D eigenvalue weighted by Gasteiger charge is -2.22. The first-order chi connectivity index (χ1) is 14.6. The van der Waals surface area contributed by atoms with Crippen molar-refractivity contribution in [3.63, 3.8) is 0 Å². The molecule has 8 nitrogen and oxygen atoms in total. The molecule has 2 aliphatic rings. The zero-order valence-corrected chi connectivity index (χ0v) is 17.5. The Morgan fingerprint density at radius 3 is 2.65 bits per heavy atom. The van der Waals surface area contributed by atoms with Crippen molar-refractivity contribution in [2.24, 2.45) is 5.92 Å². The third kappa shape index (κ3) is 6.28. The lowest BCUT2D eigenvalue weighted by Crippen LogP contribution is -2.33. The molecule has 31 heavy (non-hydrogen) atoms. The van der Waals surface area contributed by atoms with Gasteiger partial charge in [-0.15, -0.1) is 0 Å². The van der Waals surface area contributed by atoms with Gasteiger partial charge in [-0.2, -0.15) is 24.5 Å². The van der Waals surface area contributed by atoms with E-state index in [9.17, 15) is 18.0 Å². The SMILES string of the molecule is Cc1cc(C(=O)N2C[C@@H]3CN(Cc4ccsc4)CCO[C@@H]3C2)on1.O=C(O)C(F)(F)F. The van der Waals surface area contributed by atoms with Gasteiger partial charge in [-0.3, -0.25) is 9.69 Å². The number of halogens is 3. The van der Waals surface area contributed by atoms with E-state index in [4.69, 9.17) is 19.2 Å². The number of carboxylic acids is 1. The maximum absolute atomic E-state index is 12.6. The van der Waals surface area contributed by atoms with Gasteiger partial charge in [0.25, 0.3) is 5.91 Å². The van der Waals surface area contributed by atoms with E-state index in [0.29, 0.717) is 24.8 Å². The van der Waals surface area contributed by atoms with Crippen molar-refractivity contribution in [1.82, 2.24) is 15.0 Å². The molecule has 1 N–H and O–H groups in total. The Morgan fingerprint density at radius 1 is 1.32 bits per heavy atom. The summed E-state index contributed by atoms with van der Waals surface area (Å²) in [6, 6.07) is 3.87. The highest BCUT2D eigenvalue weighted by Crippen LogP contribution is 2.26. The molecule has 2 saturated heterocycles. The number of aromatic nitrogens is 1. The van der Waals surface area contributed by atoms with Gasteiger partial charge in [-0.25, -0.2) is 4.79 Å². The zero-order valence-electron chi connectivity index (χ0n) is 16.7. The lowest BCUT2D eigenvalue weighted by molar-refractivity contribution is -0.192. The van der Waals surface area contributed by atoms with Gasteiger partial charge in [0.2, 0.25) is 5.76 Å². The smallest absolute Gasteiger partial charge is 0.475 e. The number of fused-ring (bicyclic) bond motifs is 1. The van der Waals surface area contributed by atoms with Crippen molar-refractivity contribution in [3.05, 3.63) is 39.9 Å². The van der Waals surface area contributed by atoms with Crippen molar-refractivity contribution in [2.75, 3.05) is 32.8 Å². The van der Waals surface area contributed by atoms with Gasteiger partial charge in [0.05, 0.1) is 18.4 Å². The number of hydrogen-bond donors (Lipinski definition) is 1. The molecule has 0 bridgehead atoms. The second-order valence-corrected chi connectivity index (χ2v) is 8.16. The molecule has 2 fully saturated rings. The molecule has 2 atom stereocenters. The molecule has 0 aliphatic carbocycles. The summed E-state index contributed by atoms with van der Waals surface area (Å²) >= 11 is 1.73. The van der Waals surface area contributed by atoms with Crippen LogP contribution >= 0.6 is 11.3 Å². The molecule has 12 heteroatoms. The summed E-state index contributed by atoms with van der Waals surface area (Å²) in [5.41, 5.74) is 2.08. The summed E-state index contributed by atoms with van der Waals surface area (Å²) in [6.07, 6.45) is -4.97. The van der Waals surface area contributed by atoms with Gasteiger partial charge in [0, 0.05) is 44.7 Å². The number of nitrogens with zero attached hydrogens (tertiary/aromatic N) is 3. The quantitative estimate of drug-likeness (QED) is 0.751. The number of aliphatic carboxylic acids is 1.